The molecule has 1 N–H and O–H groups in total. The molecule has 0 unspecified atom stereocenters. The third kappa shape index (κ3) is 3.83. The maximum atomic E-state index is 12.7. The van der Waals surface area contributed by atoms with E-state index in [1.54, 1.807) is 26.4 Å². The fraction of sp³-hybridized carbons (Fsp3) is 0.381. The Balaban J connectivity index is 1.79. The first-order valence-electron chi connectivity index (χ1n) is 8.82. The summed E-state index contributed by atoms with van der Waals surface area (Å²) in [6, 6.07) is 15.4. The highest BCUT2D eigenvalue weighted by Gasteiger charge is 2.35. The summed E-state index contributed by atoms with van der Waals surface area (Å²) in [5.41, 5.74) is 1.61. The van der Waals surface area contributed by atoms with Crippen molar-refractivity contribution < 1.29 is 19.0 Å². The molecule has 1 saturated heterocycles. The highest BCUT2D eigenvalue weighted by molar-refractivity contribution is 5.96. The number of carbonyl (C=O) groups excluding carboxylic acids is 1. The second-order valence-corrected chi connectivity index (χ2v) is 6.50. The molecule has 2 aromatic carbocycles. The quantitative estimate of drug-likeness (QED) is 0.865. The first-order chi connectivity index (χ1) is 12.7. The number of hydrogen-bond acceptors (Lipinski definition) is 4. The topological polar surface area (TPSA) is 56.8 Å². The van der Waals surface area contributed by atoms with Crippen LogP contribution in [0.3, 0.4) is 0 Å². The number of rotatable bonds is 6. The summed E-state index contributed by atoms with van der Waals surface area (Å²) >= 11 is 0. The summed E-state index contributed by atoms with van der Waals surface area (Å²) in [5, 5.41) is 3.11. The van der Waals surface area contributed by atoms with Crippen molar-refractivity contribution in [2.24, 2.45) is 0 Å². The van der Waals surface area contributed by atoms with E-state index in [-0.39, 0.29) is 11.3 Å². The zero-order valence-electron chi connectivity index (χ0n) is 15.3. The van der Waals surface area contributed by atoms with Crippen molar-refractivity contribution in [2.75, 3.05) is 34.0 Å². The van der Waals surface area contributed by atoms with E-state index >= 15 is 0 Å². The summed E-state index contributed by atoms with van der Waals surface area (Å²) < 4.78 is 16.1. The van der Waals surface area contributed by atoms with Crippen LogP contribution in [0.25, 0.3) is 0 Å². The number of amides is 1. The van der Waals surface area contributed by atoms with Crippen LogP contribution in [0.15, 0.2) is 48.5 Å². The van der Waals surface area contributed by atoms with Crippen molar-refractivity contribution in [3.8, 4) is 11.5 Å². The average Bonchev–Trinajstić information content (AvgIpc) is 2.72. The molecule has 2 aromatic rings. The molecule has 5 nitrogen and oxygen atoms in total. The van der Waals surface area contributed by atoms with E-state index < -0.39 is 0 Å². The second kappa shape index (κ2) is 8.23. The molecular formula is C21H25NO4. The zero-order valence-corrected chi connectivity index (χ0v) is 15.3. The van der Waals surface area contributed by atoms with Gasteiger partial charge in [-0.05, 0) is 42.7 Å². The highest BCUT2D eigenvalue weighted by atomic mass is 16.5. The third-order valence-electron chi connectivity index (χ3n) is 5.09. The lowest BCUT2D eigenvalue weighted by atomic mass is 9.74. The Kier molecular flexibility index (Phi) is 5.78. The fourth-order valence-electron chi connectivity index (χ4n) is 3.45. The van der Waals surface area contributed by atoms with Crippen molar-refractivity contribution in [1.29, 1.82) is 0 Å². The molecule has 0 saturated carbocycles. The minimum absolute atomic E-state index is 0.123. The summed E-state index contributed by atoms with van der Waals surface area (Å²) in [6.07, 6.45) is 1.73. The van der Waals surface area contributed by atoms with Gasteiger partial charge in [-0.2, -0.15) is 0 Å². The number of para-hydroxylation sites is 1. The van der Waals surface area contributed by atoms with Crippen LogP contribution in [-0.4, -0.2) is 39.9 Å². The van der Waals surface area contributed by atoms with Crippen molar-refractivity contribution >= 4 is 5.91 Å². The molecule has 0 radical (unpaired) electrons. The first kappa shape index (κ1) is 18.3. The second-order valence-electron chi connectivity index (χ2n) is 6.50. The summed E-state index contributed by atoms with van der Waals surface area (Å²) in [5.74, 6) is 1.28. The monoisotopic (exact) mass is 355 g/mol. The number of hydrogen-bond donors (Lipinski definition) is 1. The van der Waals surface area contributed by atoms with Gasteiger partial charge in [-0.25, -0.2) is 0 Å². The highest BCUT2D eigenvalue weighted by Crippen LogP contribution is 2.35. The molecule has 5 heteroatoms. The predicted octanol–water partition coefficient (Wildman–Crippen LogP) is 3.18. The summed E-state index contributed by atoms with van der Waals surface area (Å²) in [7, 11) is 3.23. The van der Waals surface area contributed by atoms with Crippen LogP contribution in [0.5, 0.6) is 11.5 Å². The Bertz CT molecular complexity index is 736. The Morgan fingerprint density at radius 2 is 1.73 bits per heavy atom. The molecule has 1 fully saturated rings. The van der Waals surface area contributed by atoms with E-state index in [1.165, 1.54) is 5.56 Å². The van der Waals surface area contributed by atoms with Gasteiger partial charge in [0.1, 0.15) is 11.5 Å². The fourth-order valence-corrected chi connectivity index (χ4v) is 3.45. The Morgan fingerprint density at radius 1 is 1.04 bits per heavy atom. The number of ether oxygens (including phenoxy) is 3. The van der Waals surface area contributed by atoms with E-state index in [0.717, 1.165) is 18.6 Å². The maximum absolute atomic E-state index is 12.7. The number of benzene rings is 2. The molecule has 1 amide bonds. The van der Waals surface area contributed by atoms with Crippen LogP contribution in [0, 0.1) is 0 Å². The van der Waals surface area contributed by atoms with Crippen LogP contribution >= 0.6 is 0 Å². The summed E-state index contributed by atoms with van der Waals surface area (Å²) in [4.78, 5) is 12.7. The van der Waals surface area contributed by atoms with Crippen LogP contribution in [-0.2, 0) is 10.2 Å². The standard InChI is InChI=1S/C21H25NO4/c1-24-17-9-7-16(8-10-17)21(11-13-26-14-12-21)15-22-20(23)18-5-3-4-6-19(18)25-2/h3-10H,11-15H2,1-2H3,(H,22,23). The lowest BCUT2D eigenvalue weighted by Crippen LogP contribution is -2.44. The first-order valence-corrected chi connectivity index (χ1v) is 8.82. The van der Waals surface area contributed by atoms with E-state index in [0.29, 0.717) is 31.1 Å². The number of nitrogens with one attached hydrogen (secondary N) is 1. The van der Waals surface area contributed by atoms with Gasteiger partial charge in [0.15, 0.2) is 0 Å². The molecule has 0 spiro atoms. The Morgan fingerprint density at radius 3 is 2.38 bits per heavy atom. The average molecular weight is 355 g/mol. The lowest BCUT2D eigenvalue weighted by molar-refractivity contribution is 0.0487. The van der Waals surface area contributed by atoms with Crippen molar-refractivity contribution in [2.45, 2.75) is 18.3 Å². The van der Waals surface area contributed by atoms with Gasteiger partial charge in [0.2, 0.25) is 0 Å². The van der Waals surface area contributed by atoms with E-state index in [1.807, 2.05) is 24.3 Å². The molecule has 1 aliphatic rings. The van der Waals surface area contributed by atoms with E-state index in [2.05, 4.69) is 17.4 Å². The molecular weight excluding hydrogens is 330 g/mol. The van der Waals surface area contributed by atoms with Gasteiger partial charge in [-0.15, -0.1) is 0 Å². The smallest absolute Gasteiger partial charge is 0.255 e. The van der Waals surface area contributed by atoms with Gasteiger partial charge in [0, 0.05) is 25.2 Å². The van der Waals surface area contributed by atoms with Crippen molar-refractivity contribution in [1.82, 2.24) is 5.32 Å². The van der Waals surface area contributed by atoms with Gasteiger partial charge in [-0.1, -0.05) is 24.3 Å². The number of methoxy groups -OCH3 is 2. The van der Waals surface area contributed by atoms with E-state index in [4.69, 9.17) is 14.2 Å². The van der Waals surface area contributed by atoms with Crippen molar-refractivity contribution in [3.63, 3.8) is 0 Å². The third-order valence-corrected chi connectivity index (χ3v) is 5.09. The molecule has 0 aliphatic carbocycles. The number of carbonyl (C=O) groups is 1. The molecule has 0 aromatic heterocycles. The van der Waals surface area contributed by atoms with Crippen LogP contribution in [0.2, 0.25) is 0 Å². The predicted molar refractivity (Wildman–Crippen MR) is 100 cm³/mol. The molecule has 138 valence electrons. The van der Waals surface area contributed by atoms with E-state index in [9.17, 15) is 4.79 Å². The lowest BCUT2D eigenvalue weighted by Gasteiger charge is -2.38. The molecule has 3 rings (SSSR count). The summed E-state index contributed by atoms with van der Waals surface area (Å²) in [6.45, 7) is 1.94. The maximum Gasteiger partial charge on any atom is 0.255 e. The Hall–Kier alpha value is -2.53. The SMILES string of the molecule is COc1ccc(C2(CNC(=O)c3ccccc3OC)CCOCC2)cc1. The van der Waals surface area contributed by atoms with Gasteiger partial charge in [0.25, 0.3) is 5.91 Å². The van der Waals surface area contributed by atoms with Gasteiger partial charge >= 0.3 is 0 Å². The van der Waals surface area contributed by atoms with Gasteiger partial charge < -0.3 is 19.5 Å². The largest absolute Gasteiger partial charge is 0.497 e. The minimum atomic E-state index is -0.137. The molecule has 1 aliphatic heterocycles. The van der Waals surface area contributed by atoms with Crippen LogP contribution in [0.1, 0.15) is 28.8 Å². The van der Waals surface area contributed by atoms with Crippen LogP contribution in [0.4, 0.5) is 0 Å². The molecule has 26 heavy (non-hydrogen) atoms. The zero-order chi connectivity index (χ0) is 18.4. The van der Waals surface area contributed by atoms with Crippen LogP contribution < -0.4 is 14.8 Å². The molecule has 1 heterocycles. The minimum Gasteiger partial charge on any atom is -0.497 e. The normalized spacial score (nSPS) is 15.9. The van der Waals surface area contributed by atoms with Crippen molar-refractivity contribution in [3.05, 3.63) is 59.7 Å². The molecule has 0 atom stereocenters. The van der Waals surface area contributed by atoms with Gasteiger partial charge in [0.05, 0.1) is 19.8 Å². The molecule has 0 bridgehead atoms. The Labute approximate surface area is 154 Å². The van der Waals surface area contributed by atoms with Gasteiger partial charge in [-0.3, -0.25) is 4.79 Å².